The zero-order valence-corrected chi connectivity index (χ0v) is 10.5. The number of rotatable bonds is 4. The summed E-state index contributed by atoms with van der Waals surface area (Å²) in [5.74, 6) is -1.24. The van der Waals surface area contributed by atoms with Crippen molar-refractivity contribution in [2.24, 2.45) is 0 Å². The van der Waals surface area contributed by atoms with E-state index in [0.717, 1.165) is 4.68 Å². The number of carbonyl (C=O) groups is 1. The second-order valence-electron chi connectivity index (χ2n) is 4.13. The molecule has 0 radical (unpaired) electrons. The van der Waals surface area contributed by atoms with Gasteiger partial charge in [-0.3, -0.25) is 4.98 Å². The molecule has 0 fully saturated rings. The molecule has 2 aromatic rings. The molecule has 0 amide bonds. The van der Waals surface area contributed by atoms with Gasteiger partial charge >= 0.3 is 11.7 Å². The van der Waals surface area contributed by atoms with Gasteiger partial charge in [-0.05, 0) is 26.0 Å². The topological polar surface area (TPSA) is 97.2 Å². The number of aromatic carboxylic acids is 1. The number of H-pyrrole nitrogens is 1. The van der Waals surface area contributed by atoms with Crippen LogP contribution in [-0.4, -0.2) is 31.9 Å². The smallest absolute Gasteiger partial charge is 0.373 e. The Balaban J connectivity index is 2.53. The molecular weight excluding hydrogens is 250 g/mol. The summed E-state index contributed by atoms with van der Waals surface area (Å²) in [4.78, 5) is 24.7. The highest BCUT2D eigenvalue weighted by molar-refractivity contribution is 5.82. The molecule has 100 valence electrons. The molecule has 0 bridgehead atoms. The summed E-state index contributed by atoms with van der Waals surface area (Å²) in [6.07, 6.45) is -0.0743. The van der Waals surface area contributed by atoms with Gasteiger partial charge in [-0.25, -0.2) is 9.59 Å². The predicted molar refractivity (Wildman–Crippen MR) is 66.9 cm³/mol. The first-order valence-corrected chi connectivity index (χ1v) is 5.67. The lowest BCUT2D eigenvalue weighted by molar-refractivity contribution is 0.0683. The number of hydrogen-bond acceptors (Lipinski definition) is 4. The average Bonchev–Trinajstić information content (AvgIpc) is 2.71. The van der Waals surface area contributed by atoms with Crippen molar-refractivity contribution in [1.82, 2.24) is 14.8 Å². The first-order chi connectivity index (χ1) is 8.99. The molecule has 0 saturated carbocycles. The Morgan fingerprint density at radius 2 is 2.11 bits per heavy atom. The minimum atomic E-state index is -1.29. The number of aromatic amines is 1. The standard InChI is InChI=1S/C12H13N3O4/c1-7(2)19-9-6-4-3-5-8(9)15-12(18)13-10(14-15)11(16)17/h3-7H,1-2H3,(H,16,17)(H,13,14,18). The highest BCUT2D eigenvalue weighted by atomic mass is 16.5. The molecule has 19 heavy (non-hydrogen) atoms. The second kappa shape index (κ2) is 4.97. The third-order valence-corrected chi connectivity index (χ3v) is 2.28. The van der Waals surface area contributed by atoms with Crippen LogP contribution in [0, 0.1) is 0 Å². The first kappa shape index (κ1) is 12.9. The fraction of sp³-hybridized carbons (Fsp3) is 0.250. The minimum absolute atomic E-state index is 0.0743. The Morgan fingerprint density at radius 1 is 1.42 bits per heavy atom. The van der Waals surface area contributed by atoms with E-state index in [0.29, 0.717) is 11.4 Å². The van der Waals surface area contributed by atoms with Crippen molar-refractivity contribution in [3.8, 4) is 11.4 Å². The van der Waals surface area contributed by atoms with Crippen LogP contribution in [0.4, 0.5) is 0 Å². The van der Waals surface area contributed by atoms with Gasteiger partial charge in [0.05, 0.1) is 6.10 Å². The number of hydrogen-bond donors (Lipinski definition) is 2. The number of ether oxygens (including phenoxy) is 1. The van der Waals surface area contributed by atoms with E-state index in [9.17, 15) is 9.59 Å². The second-order valence-corrected chi connectivity index (χ2v) is 4.13. The van der Waals surface area contributed by atoms with Gasteiger partial charge in [0.15, 0.2) is 0 Å². The summed E-state index contributed by atoms with van der Waals surface area (Å²) in [7, 11) is 0. The molecule has 7 nitrogen and oxygen atoms in total. The number of carboxylic acids is 1. The molecule has 0 aliphatic carbocycles. The lowest BCUT2D eigenvalue weighted by atomic mass is 10.3. The van der Waals surface area contributed by atoms with Gasteiger partial charge in [0, 0.05) is 0 Å². The van der Waals surface area contributed by atoms with Crippen molar-refractivity contribution < 1.29 is 14.6 Å². The molecule has 0 atom stereocenters. The van der Waals surface area contributed by atoms with E-state index < -0.39 is 17.5 Å². The normalized spacial score (nSPS) is 10.7. The van der Waals surface area contributed by atoms with Crippen molar-refractivity contribution in [2.75, 3.05) is 0 Å². The van der Waals surface area contributed by atoms with E-state index >= 15 is 0 Å². The van der Waals surface area contributed by atoms with E-state index in [1.807, 2.05) is 13.8 Å². The molecule has 0 unspecified atom stereocenters. The summed E-state index contributed by atoms with van der Waals surface area (Å²) in [5.41, 5.74) is -0.234. The molecular formula is C12H13N3O4. The van der Waals surface area contributed by atoms with E-state index in [2.05, 4.69) is 10.1 Å². The van der Waals surface area contributed by atoms with Crippen LogP contribution in [0.3, 0.4) is 0 Å². The maximum atomic E-state index is 11.7. The molecule has 7 heteroatoms. The zero-order chi connectivity index (χ0) is 14.0. The SMILES string of the molecule is CC(C)Oc1ccccc1-n1nc(C(=O)O)[nH]c1=O. The van der Waals surface area contributed by atoms with Gasteiger partial charge in [0.25, 0.3) is 0 Å². The van der Waals surface area contributed by atoms with Crippen LogP contribution >= 0.6 is 0 Å². The van der Waals surface area contributed by atoms with E-state index in [4.69, 9.17) is 9.84 Å². The van der Waals surface area contributed by atoms with Gasteiger partial charge < -0.3 is 9.84 Å². The Hall–Kier alpha value is -2.57. The lowest BCUT2D eigenvalue weighted by Gasteiger charge is -2.13. The molecule has 2 N–H and O–H groups in total. The number of para-hydroxylation sites is 2. The van der Waals surface area contributed by atoms with Crippen LogP contribution in [0.5, 0.6) is 5.75 Å². The molecule has 0 aliphatic rings. The van der Waals surface area contributed by atoms with Crippen molar-refractivity contribution in [3.05, 3.63) is 40.6 Å². The summed E-state index contributed by atoms with van der Waals surface area (Å²) in [6.45, 7) is 3.71. The van der Waals surface area contributed by atoms with Crippen molar-refractivity contribution >= 4 is 5.97 Å². The van der Waals surface area contributed by atoms with Crippen LogP contribution in [0.1, 0.15) is 24.5 Å². The fourth-order valence-electron chi connectivity index (χ4n) is 1.57. The Morgan fingerprint density at radius 3 is 2.68 bits per heavy atom. The van der Waals surface area contributed by atoms with Gasteiger partial charge in [0.1, 0.15) is 11.4 Å². The molecule has 1 aromatic carbocycles. The maximum Gasteiger partial charge on any atom is 0.373 e. The first-order valence-electron chi connectivity index (χ1n) is 5.67. The molecule has 0 aliphatic heterocycles. The third-order valence-electron chi connectivity index (χ3n) is 2.28. The lowest BCUT2D eigenvalue weighted by Crippen LogP contribution is -2.18. The van der Waals surface area contributed by atoms with Gasteiger partial charge in [-0.1, -0.05) is 12.1 Å². The van der Waals surface area contributed by atoms with E-state index in [1.165, 1.54) is 0 Å². The maximum absolute atomic E-state index is 11.7. The van der Waals surface area contributed by atoms with Crippen LogP contribution < -0.4 is 10.4 Å². The Bertz CT molecular complexity index is 657. The predicted octanol–water partition coefficient (Wildman–Crippen LogP) is 1.05. The zero-order valence-electron chi connectivity index (χ0n) is 10.5. The Labute approximate surface area is 108 Å². The van der Waals surface area contributed by atoms with Crippen LogP contribution in [0.2, 0.25) is 0 Å². The number of carboxylic acid groups (broad SMARTS) is 1. The molecule has 0 spiro atoms. The summed E-state index contributed by atoms with van der Waals surface area (Å²) < 4.78 is 6.54. The highest BCUT2D eigenvalue weighted by Gasteiger charge is 2.15. The summed E-state index contributed by atoms with van der Waals surface area (Å²) in [6, 6.07) is 6.80. The summed E-state index contributed by atoms with van der Waals surface area (Å²) in [5, 5.41) is 12.5. The molecule has 0 saturated heterocycles. The number of benzene rings is 1. The number of nitrogens with zero attached hydrogens (tertiary/aromatic N) is 2. The molecule has 1 aromatic heterocycles. The van der Waals surface area contributed by atoms with Gasteiger partial charge in [-0.15, -0.1) is 5.10 Å². The van der Waals surface area contributed by atoms with E-state index in [-0.39, 0.29) is 6.10 Å². The number of aromatic nitrogens is 3. The van der Waals surface area contributed by atoms with Crippen molar-refractivity contribution in [2.45, 2.75) is 20.0 Å². The highest BCUT2D eigenvalue weighted by Crippen LogP contribution is 2.21. The Kier molecular flexibility index (Phi) is 3.37. The van der Waals surface area contributed by atoms with Crippen LogP contribution in [-0.2, 0) is 0 Å². The molecule has 2 rings (SSSR count). The largest absolute Gasteiger partial charge is 0.489 e. The molecule has 1 heterocycles. The van der Waals surface area contributed by atoms with Crippen LogP contribution in [0.15, 0.2) is 29.1 Å². The summed E-state index contributed by atoms with van der Waals surface area (Å²) >= 11 is 0. The van der Waals surface area contributed by atoms with Gasteiger partial charge in [-0.2, -0.15) is 4.68 Å². The third kappa shape index (κ3) is 2.65. The number of nitrogens with one attached hydrogen (secondary N) is 1. The van der Waals surface area contributed by atoms with Crippen molar-refractivity contribution in [1.29, 1.82) is 0 Å². The van der Waals surface area contributed by atoms with E-state index in [1.54, 1.807) is 24.3 Å². The fourth-order valence-corrected chi connectivity index (χ4v) is 1.57. The van der Waals surface area contributed by atoms with Crippen LogP contribution in [0.25, 0.3) is 5.69 Å². The van der Waals surface area contributed by atoms with Gasteiger partial charge in [0.2, 0.25) is 5.82 Å². The quantitative estimate of drug-likeness (QED) is 0.859. The van der Waals surface area contributed by atoms with Crippen molar-refractivity contribution in [3.63, 3.8) is 0 Å². The average molecular weight is 263 g/mol. The minimum Gasteiger partial charge on any atom is -0.489 e. The monoisotopic (exact) mass is 263 g/mol.